The third-order valence-electron chi connectivity index (χ3n) is 14.1. The summed E-state index contributed by atoms with van der Waals surface area (Å²) in [7, 11) is 0. The number of carbonyl (C=O) groups excluding carboxylic acids is 2. The fourth-order valence-electron chi connectivity index (χ4n) is 11.6. The predicted molar refractivity (Wildman–Crippen MR) is 161 cm³/mol. The number of alkyl halides is 1. The molecule has 4 saturated carbocycles. The van der Waals surface area contributed by atoms with Crippen molar-refractivity contribution in [1.29, 1.82) is 0 Å². The first-order chi connectivity index (χ1) is 18.2. The molecule has 4 nitrogen and oxygen atoms in total. The number of allylic oxidation sites excluding steroid dienone is 2. The second kappa shape index (κ2) is 9.87. The quantitative estimate of drug-likeness (QED) is 0.201. The lowest BCUT2D eigenvalue weighted by Crippen LogP contribution is -2.66. The van der Waals surface area contributed by atoms with Gasteiger partial charge >= 0.3 is 5.97 Å². The number of halogens is 1. The minimum Gasteiger partial charge on any atom is -0.462 e. The fraction of sp³-hybridized carbons (Fsp3) is 0.882. The lowest BCUT2D eigenvalue weighted by atomic mass is 9.33. The first kappa shape index (κ1) is 29.6. The summed E-state index contributed by atoms with van der Waals surface area (Å²) in [6.45, 7) is 19.7. The van der Waals surface area contributed by atoms with E-state index < -0.39 is 0 Å². The van der Waals surface area contributed by atoms with Crippen LogP contribution >= 0.6 is 15.9 Å². The standard InChI is InChI=1S/C34H54BrNO3/c1-21-11-16-34(29(38)36-20-19-35)18-17-32(7)24(28(34)22(21)2)9-10-26-31(6)14-13-27(39-23(3)37)30(4,5)25(31)12-15-33(26,32)8/h9,21-22,25-28H,10-20H2,1-8H3,(H,36,38)/t21-,22+,25?,26?,27+,28?,31+,32-,33-,34+/m1/s1. The van der Waals surface area contributed by atoms with E-state index in [1.54, 1.807) is 12.5 Å². The summed E-state index contributed by atoms with van der Waals surface area (Å²) in [5.41, 5.74) is 1.92. The predicted octanol–water partition coefficient (Wildman–Crippen LogP) is 8.09. The summed E-state index contributed by atoms with van der Waals surface area (Å²) in [4.78, 5) is 25.9. The Labute approximate surface area is 246 Å². The molecule has 0 aromatic rings. The summed E-state index contributed by atoms with van der Waals surface area (Å²) in [6, 6.07) is 0. The number of fused-ring (bicyclic) bond motifs is 7. The van der Waals surface area contributed by atoms with Crippen LogP contribution < -0.4 is 5.32 Å². The van der Waals surface area contributed by atoms with E-state index in [-0.39, 0.29) is 39.1 Å². The van der Waals surface area contributed by atoms with E-state index in [4.69, 9.17) is 4.74 Å². The van der Waals surface area contributed by atoms with Crippen molar-refractivity contribution in [1.82, 2.24) is 5.32 Å². The second-order valence-electron chi connectivity index (χ2n) is 15.7. The molecule has 10 atom stereocenters. The SMILES string of the molecule is CC(=O)O[C@H]1CC[C@@]2(C)C(CC[C@]3(C)C2CC=C2C4[C@@H](C)[C@H](C)CC[C@]4(C(=O)NCCBr)CC[C@]23C)C1(C)C. The maximum absolute atomic E-state index is 13.9. The number of nitrogens with one attached hydrogen (secondary N) is 1. The molecule has 5 aliphatic rings. The van der Waals surface area contributed by atoms with Gasteiger partial charge in [0.25, 0.3) is 0 Å². The van der Waals surface area contributed by atoms with Crippen molar-refractivity contribution in [3.63, 3.8) is 0 Å². The van der Waals surface area contributed by atoms with E-state index in [9.17, 15) is 9.59 Å². The zero-order valence-corrected chi connectivity index (χ0v) is 27.5. The van der Waals surface area contributed by atoms with Gasteiger partial charge in [0.15, 0.2) is 0 Å². The minimum atomic E-state index is -0.256. The van der Waals surface area contributed by atoms with Crippen LogP contribution in [0.3, 0.4) is 0 Å². The number of ether oxygens (including phenoxy) is 1. The molecule has 0 aromatic carbocycles. The Morgan fingerprint density at radius 3 is 2.36 bits per heavy atom. The maximum atomic E-state index is 13.9. The highest BCUT2D eigenvalue weighted by molar-refractivity contribution is 9.09. The minimum absolute atomic E-state index is 0.0145. The monoisotopic (exact) mass is 603 g/mol. The molecule has 5 aliphatic carbocycles. The summed E-state index contributed by atoms with van der Waals surface area (Å²) >= 11 is 3.52. The normalized spacial score (nSPS) is 48.4. The summed E-state index contributed by atoms with van der Waals surface area (Å²) < 4.78 is 5.92. The van der Waals surface area contributed by atoms with Gasteiger partial charge in [0.1, 0.15) is 6.10 Å². The van der Waals surface area contributed by atoms with Gasteiger partial charge in [-0.1, -0.05) is 76.0 Å². The third kappa shape index (κ3) is 4.08. The second-order valence-corrected chi connectivity index (χ2v) is 16.5. The molecule has 5 heteroatoms. The molecule has 0 saturated heterocycles. The molecular weight excluding hydrogens is 550 g/mol. The molecule has 220 valence electrons. The first-order valence-corrected chi connectivity index (χ1v) is 17.0. The smallest absolute Gasteiger partial charge is 0.302 e. The molecule has 0 aliphatic heterocycles. The Kier molecular flexibility index (Phi) is 7.50. The van der Waals surface area contributed by atoms with Crippen molar-refractivity contribution in [2.75, 3.05) is 11.9 Å². The van der Waals surface area contributed by atoms with Crippen LogP contribution in [-0.4, -0.2) is 29.9 Å². The van der Waals surface area contributed by atoms with Crippen LogP contribution in [0.1, 0.15) is 113 Å². The summed E-state index contributed by atoms with van der Waals surface area (Å²) in [6.07, 6.45) is 12.6. The van der Waals surface area contributed by atoms with Crippen molar-refractivity contribution in [3.8, 4) is 0 Å². The lowest BCUT2D eigenvalue weighted by molar-refractivity contribution is -0.212. The molecule has 0 spiro atoms. The Balaban J connectivity index is 1.54. The highest BCUT2D eigenvalue weighted by atomic mass is 79.9. The summed E-state index contributed by atoms with van der Waals surface area (Å²) in [5.74, 6) is 2.83. The molecule has 39 heavy (non-hydrogen) atoms. The Bertz CT molecular complexity index is 1040. The van der Waals surface area contributed by atoms with E-state index in [1.807, 2.05) is 0 Å². The van der Waals surface area contributed by atoms with Gasteiger partial charge in [0.05, 0.1) is 5.41 Å². The molecular formula is C34H54BrNO3. The van der Waals surface area contributed by atoms with Gasteiger partial charge in [-0.25, -0.2) is 0 Å². The molecule has 1 amide bonds. The number of hydrogen-bond acceptors (Lipinski definition) is 3. The van der Waals surface area contributed by atoms with Crippen LogP contribution in [0.25, 0.3) is 0 Å². The Morgan fingerprint density at radius 2 is 1.69 bits per heavy atom. The number of amides is 1. The highest BCUT2D eigenvalue weighted by Gasteiger charge is 2.69. The molecule has 0 bridgehead atoms. The Hall–Kier alpha value is -0.840. The van der Waals surface area contributed by atoms with Crippen LogP contribution in [0, 0.1) is 56.7 Å². The van der Waals surface area contributed by atoms with Crippen LogP contribution in [0.15, 0.2) is 11.6 Å². The van der Waals surface area contributed by atoms with Crippen molar-refractivity contribution in [2.24, 2.45) is 56.7 Å². The van der Waals surface area contributed by atoms with E-state index >= 15 is 0 Å². The number of carbonyl (C=O) groups is 2. The largest absolute Gasteiger partial charge is 0.462 e. The van der Waals surface area contributed by atoms with Gasteiger partial charge in [0.2, 0.25) is 5.91 Å². The van der Waals surface area contributed by atoms with Crippen LogP contribution in [0.2, 0.25) is 0 Å². The number of hydrogen-bond donors (Lipinski definition) is 1. The van der Waals surface area contributed by atoms with Gasteiger partial charge < -0.3 is 10.1 Å². The molecule has 4 fully saturated rings. The fourth-order valence-corrected chi connectivity index (χ4v) is 11.8. The van der Waals surface area contributed by atoms with Crippen LogP contribution in [0.4, 0.5) is 0 Å². The average Bonchev–Trinajstić information content (AvgIpc) is 2.86. The van der Waals surface area contributed by atoms with E-state index in [1.165, 1.54) is 12.8 Å². The van der Waals surface area contributed by atoms with Gasteiger partial charge in [0, 0.05) is 24.2 Å². The lowest BCUT2D eigenvalue weighted by Gasteiger charge is -2.71. The zero-order chi connectivity index (χ0) is 28.6. The van der Waals surface area contributed by atoms with Crippen LogP contribution in [-0.2, 0) is 14.3 Å². The molecule has 0 aromatic heterocycles. The summed E-state index contributed by atoms with van der Waals surface area (Å²) in [5, 5.41) is 4.13. The van der Waals surface area contributed by atoms with Crippen molar-refractivity contribution < 1.29 is 14.3 Å². The van der Waals surface area contributed by atoms with Crippen molar-refractivity contribution in [2.45, 2.75) is 119 Å². The van der Waals surface area contributed by atoms with Crippen LogP contribution in [0.5, 0.6) is 0 Å². The maximum Gasteiger partial charge on any atom is 0.302 e. The van der Waals surface area contributed by atoms with E-state index in [2.05, 4.69) is 75.8 Å². The van der Waals surface area contributed by atoms with Crippen molar-refractivity contribution >= 4 is 27.8 Å². The highest BCUT2D eigenvalue weighted by Crippen LogP contribution is 2.75. The van der Waals surface area contributed by atoms with Gasteiger partial charge in [-0.2, -0.15) is 0 Å². The zero-order valence-electron chi connectivity index (χ0n) is 25.9. The third-order valence-corrected chi connectivity index (χ3v) is 14.5. The number of esters is 1. The molecule has 3 unspecified atom stereocenters. The van der Waals surface area contributed by atoms with Crippen molar-refractivity contribution in [3.05, 3.63) is 11.6 Å². The van der Waals surface area contributed by atoms with Gasteiger partial charge in [-0.3, -0.25) is 9.59 Å². The van der Waals surface area contributed by atoms with E-state index in [0.717, 1.165) is 50.3 Å². The van der Waals surface area contributed by atoms with Gasteiger partial charge in [-0.15, -0.1) is 0 Å². The molecule has 5 rings (SSSR count). The van der Waals surface area contributed by atoms with Gasteiger partial charge in [-0.05, 0) is 104 Å². The first-order valence-electron chi connectivity index (χ1n) is 15.9. The molecule has 0 heterocycles. The number of rotatable bonds is 4. The molecule has 0 radical (unpaired) electrons. The Morgan fingerprint density at radius 1 is 0.974 bits per heavy atom. The topological polar surface area (TPSA) is 55.4 Å². The molecule has 1 N–H and O–H groups in total. The average molecular weight is 605 g/mol. The van der Waals surface area contributed by atoms with E-state index in [0.29, 0.717) is 42.0 Å².